The van der Waals surface area contributed by atoms with Gasteiger partial charge in [-0.05, 0) is 19.1 Å². The van der Waals surface area contributed by atoms with Gasteiger partial charge in [-0.15, -0.1) is 0 Å². The van der Waals surface area contributed by atoms with Crippen LogP contribution in [0.3, 0.4) is 0 Å². The van der Waals surface area contributed by atoms with Crippen LogP contribution in [0.25, 0.3) is 0 Å². The highest BCUT2D eigenvalue weighted by Gasteiger charge is 2.41. The number of nitrogens with zero attached hydrogens (tertiary/aromatic N) is 1. The molecule has 1 aliphatic heterocycles. The molecule has 0 N–H and O–H groups in total. The van der Waals surface area contributed by atoms with Crippen LogP contribution in [0, 0.1) is 0 Å². The van der Waals surface area contributed by atoms with Crippen LogP contribution in [0.1, 0.15) is 6.92 Å². The van der Waals surface area contributed by atoms with Crippen molar-refractivity contribution in [3.8, 4) is 0 Å². The highest BCUT2D eigenvalue weighted by Crippen LogP contribution is 2.33. The molecule has 0 aromatic rings. The second-order valence-electron chi connectivity index (χ2n) is 3.57. The van der Waals surface area contributed by atoms with E-state index in [1.165, 1.54) is 6.08 Å². The van der Waals surface area contributed by atoms with Crippen LogP contribution in [0.15, 0.2) is 23.9 Å². The third-order valence-corrected chi connectivity index (χ3v) is 2.81. The SMILES string of the molecule is CCN1CCOC2(OC)C=CC(=O)C=C12. The van der Waals surface area contributed by atoms with Gasteiger partial charge in [0.25, 0.3) is 0 Å². The second kappa shape index (κ2) is 3.79. The smallest absolute Gasteiger partial charge is 0.230 e. The summed E-state index contributed by atoms with van der Waals surface area (Å²) in [5.41, 5.74) is 0.811. The van der Waals surface area contributed by atoms with Crippen LogP contribution in [-0.4, -0.2) is 43.3 Å². The van der Waals surface area contributed by atoms with Gasteiger partial charge >= 0.3 is 0 Å². The molecule has 82 valence electrons. The van der Waals surface area contributed by atoms with Gasteiger partial charge in [-0.3, -0.25) is 4.79 Å². The van der Waals surface area contributed by atoms with Crippen LogP contribution in [0.2, 0.25) is 0 Å². The topological polar surface area (TPSA) is 38.8 Å². The number of methoxy groups -OCH3 is 1. The first-order valence-corrected chi connectivity index (χ1v) is 5.11. The van der Waals surface area contributed by atoms with Crippen molar-refractivity contribution < 1.29 is 14.3 Å². The molecule has 0 saturated carbocycles. The van der Waals surface area contributed by atoms with Gasteiger partial charge in [-0.25, -0.2) is 0 Å². The van der Waals surface area contributed by atoms with E-state index in [1.807, 2.05) is 0 Å². The maximum atomic E-state index is 11.3. The van der Waals surface area contributed by atoms with Crippen molar-refractivity contribution in [3.63, 3.8) is 0 Å². The lowest BCUT2D eigenvalue weighted by atomic mass is 10.0. The molecule has 0 bridgehead atoms. The zero-order valence-electron chi connectivity index (χ0n) is 9.03. The maximum absolute atomic E-state index is 11.3. The minimum absolute atomic E-state index is 0.0124. The summed E-state index contributed by atoms with van der Waals surface area (Å²) in [7, 11) is 1.59. The van der Waals surface area contributed by atoms with Gasteiger partial charge in [-0.1, -0.05) is 0 Å². The van der Waals surface area contributed by atoms with E-state index in [2.05, 4.69) is 11.8 Å². The summed E-state index contributed by atoms with van der Waals surface area (Å²) in [6.07, 6.45) is 4.77. The number of allylic oxidation sites excluding steroid dienone is 2. The van der Waals surface area contributed by atoms with E-state index in [1.54, 1.807) is 19.3 Å². The fourth-order valence-corrected chi connectivity index (χ4v) is 1.98. The van der Waals surface area contributed by atoms with Crippen molar-refractivity contribution in [1.29, 1.82) is 0 Å². The lowest BCUT2D eigenvalue weighted by Crippen LogP contribution is -2.51. The average molecular weight is 209 g/mol. The van der Waals surface area contributed by atoms with Gasteiger partial charge < -0.3 is 14.4 Å². The third kappa shape index (κ3) is 1.60. The molecular formula is C11H15NO3. The van der Waals surface area contributed by atoms with Crippen molar-refractivity contribution in [3.05, 3.63) is 23.9 Å². The quantitative estimate of drug-likeness (QED) is 0.671. The van der Waals surface area contributed by atoms with E-state index in [-0.39, 0.29) is 5.78 Å². The van der Waals surface area contributed by atoms with Gasteiger partial charge in [0.15, 0.2) is 5.78 Å². The molecule has 1 unspecified atom stereocenters. The zero-order chi connectivity index (χ0) is 10.9. The van der Waals surface area contributed by atoms with E-state index in [0.717, 1.165) is 18.8 Å². The summed E-state index contributed by atoms with van der Waals surface area (Å²) in [6.45, 7) is 4.31. The Morgan fingerprint density at radius 2 is 2.47 bits per heavy atom. The van der Waals surface area contributed by atoms with Crippen LogP contribution >= 0.6 is 0 Å². The van der Waals surface area contributed by atoms with E-state index < -0.39 is 5.79 Å². The number of carbonyl (C=O) groups excluding carboxylic acids is 1. The number of ether oxygens (including phenoxy) is 2. The molecular weight excluding hydrogens is 194 g/mol. The molecule has 1 atom stereocenters. The fraction of sp³-hybridized carbons (Fsp3) is 0.545. The Bertz CT molecular complexity index is 335. The molecule has 1 heterocycles. The largest absolute Gasteiger partial charge is 0.368 e. The molecule has 2 aliphatic rings. The number of morpholine rings is 1. The summed E-state index contributed by atoms with van der Waals surface area (Å²) in [6, 6.07) is 0. The lowest BCUT2D eigenvalue weighted by molar-refractivity contribution is -0.195. The summed E-state index contributed by atoms with van der Waals surface area (Å²) in [5.74, 6) is -0.857. The lowest BCUT2D eigenvalue weighted by Gasteiger charge is -2.43. The molecule has 0 amide bonds. The van der Waals surface area contributed by atoms with Gasteiger partial charge in [0.05, 0.1) is 12.3 Å². The van der Waals surface area contributed by atoms with Gasteiger partial charge in [0.2, 0.25) is 5.79 Å². The molecule has 1 aliphatic carbocycles. The number of fused-ring (bicyclic) bond motifs is 1. The molecule has 4 nitrogen and oxygen atoms in total. The van der Waals surface area contributed by atoms with E-state index in [9.17, 15) is 4.79 Å². The maximum Gasteiger partial charge on any atom is 0.230 e. The first-order chi connectivity index (χ1) is 7.22. The van der Waals surface area contributed by atoms with E-state index >= 15 is 0 Å². The Labute approximate surface area is 89.1 Å². The van der Waals surface area contributed by atoms with E-state index in [4.69, 9.17) is 9.47 Å². The second-order valence-corrected chi connectivity index (χ2v) is 3.57. The number of ketones is 1. The average Bonchev–Trinajstić information content (AvgIpc) is 2.28. The van der Waals surface area contributed by atoms with E-state index in [0.29, 0.717) is 6.61 Å². The Morgan fingerprint density at radius 1 is 1.67 bits per heavy atom. The summed E-state index contributed by atoms with van der Waals surface area (Å²) < 4.78 is 11.0. The minimum Gasteiger partial charge on any atom is -0.368 e. The summed E-state index contributed by atoms with van der Waals surface area (Å²) in [5, 5.41) is 0. The number of rotatable bonds is 2. The molecule has 0 aromatic carbocycles. The standard InChI is InChI=1S/C11H15NO3/c1-3-12-6-7-15-11(14-2)5-4-9(13)8-10(11)12/h4-5,8H,3,6-7H2,1-2H3. The normalized spacial score (nSPS) is 30.1. The molecule has 2 rings (SSSR count). The van der Waals surface area contributed by atoms with Crippen molar-refractivity contribution in [1.82, 2.24) is 4.90 Å². The first kappa shape index (κ1) is 10.4. The summed E-state index contributed by atoms with van der Waals surface area (Å²) in [4.78, 5) is 13.4. The summed E-state index contributed by atoms with van der Waals surface area (Å²) >= 11 is 0. The van der Waals surface area contributed by atoms with Crippen LogP contribution in [-0.2, 0) is 14.3 Å². The Morgan fingerprint density at radius 3 is 3.13 bits per heavy atom. The Kier molecular flexibility index (Phi) is 2.63. The first-order valence-electron chi connectivity index (χ1n) is 5.11. The molecule has 0 aromatic heterocycles. The van der Waals surface area contributed by atoms with Crippen LogP contribution < -0.4 is 0 Å². The predicted octanol–water partition coefficient (Wildman–Crippen LogP) is 0.704. The van der Waals surface area contributed by atoms with Crippen molar-refractivity contribution >= 4 is 5.78 Å². The zero-order valence-corrected chi connectivity index (χ0v) is 9.03. The van der Waals surface area contributed by atoms with Crippen molar-refractivity contribution in [2.45, 2.75) is 12.7 Å². The van der Waals surface area contributed by atoms with Crippen molar-refractivity contribution in [2.75, 3.05) is 26.8 Å². The molecule has 0 spiro atoms. The third-order valence-electron chi connectivity index (χ3n) is 2.81. The van der Waals surface area contributed by atoms with Gasteiger partial charge in [0, 0.05) is 26.3 Å². The van der Waals surface area contributed by atoms with Gasteiger partial charge in [-0.2, -0.15) is 0 Å². The highest BCUT2D eigenvalue weighted by atomic mass is 16.7. The fourth-order valence-electron chi connectivity index (χ4n) is 1.98. The number of likely N-dealkylation sites (N-methyl/N-ethyl adjacent to an activating group) is 1. The van der Waals surface area contributed by atoms with Crippen LogP contribution in [0.4, 0.5) is 0 Å². The molecule has 4 heteroatoms. The molecule has 1 fully saturated rings. The minimum atomic E-state index is -0.845. The number of carbonyl (C=O) groups is 1. The van der Waals surface area contributed by atoms with Gasteiger partial charge in [0.1, 0.15) is 0 Å². The molecule has 0 radical (unpaired) electrons. The Balaban J connectivity index is 2.38. The highest BCUT2D eigenvalue weighted by molar-refractivity contribution is 6.01. The monoisotopic (exact) mass is 209 g/mol. The number of hydrogen-bond donors (Lipinski definition) is 0. The number of hydrogen-bond acceptors (Lipinski definition) is 4. The van der Waals surface area contributed by atoms with Crippen molar-refractivity contribution in [2.24, 2.45) is 0 Å². The Hall–Kier alpha value is -1.13. The van der Waals surface area contributed by atoms with Crippen LogP contribution in [0.5, 0.6) is 0 Å². The molecule has 1 saturated heterocycles. The predicted molar refractivity (Wildman–Crippen MR) is 55.2 cm³/mol. The molecule has 15 heavy (non-hydrogen) atoms.